The van der Waals surface area contributed by atoms with Gasteiger partial charge in [-0.1, -0.05) is 18.0 Å². The second-order valence-corrected chi connectivity index (χ2v) is 6.43. The predicted octanol–water partition coefficient (Wildman–Crippen LogP) is 1.75. The van der Waals surface area contributed by atoms with Crippen molar-refractivity contribution in [3.8, 4) is 5.88 Å². The molecule has 0 aromatic carbocycles. The monoisotopic (exact) mass is 340 g/mol. The van der Waals surface area contributed by atoms with Gasteiger partial charge in [0.2, 0.25) is 5.88 Å². The summed E-state index contributed by atoms with van der Waals surface area (Å²) in [7, 11) is 1.48. The lowest BCUT2D eigenvalue weighted by atomic mass is 9.94. The standard InChI is InChI=1S/C16H21ClN2O4/c1-22-15-12(17)7-10(8-18-15)16(21)19-5-6-23-9-13(19)11-3-2-4-14(11)20/h7-8,11,13-14,20H,2-6,9H2,1H3/t11-,13-,14-/m1/s1. The largest absolute Gasteiger partial charge is 0.480 e. The summed E-state index contributed by atoms with van der Waals surface area (Å²) in [6, 6.07) is 1.47. The number of hydrogen-bond acceptors (Lipinski definition) is 5. The first-order valence-electron chi connectivity index (χ1n) is 7.88. The van der Waals surface area contributed by atoms with E-state index in [1.54, 1.807) is 11.0 Å². The van der Waals surface area contributed by atoms with Crippen LogP contribution in [0.1, 0.15) is 29.6 Å². The van der Waals surface area contributed by atoms with E-state index in [2.05, 4.69) is 4.98 Å². The van der Waals surface area contributed by atoms with Crippen LogP contribution in [0.15, 0.2) is 12.3 Å². The number of carbonyl (C=O) groups is 1. The maximum Gasteiger partial charge on any atom is 0.255 e. The van der Waals surface area contributed by atoms with Crippen LogP contribution in [-0.2, 0) is 4.74 Å². The first kappa shape index (κ1) is 16.5. The fourth-order valence-corrected chi connectivity index (χ4v) is 3.75. The van der Waals surface area contributed by atoms with Crippen molar-refractivity contribution in [2.45, 2.75) is 31.4 Å². The van der Waals surface area contributed by atoms with Crippen molar-refractivity contribution in [2.24, 2.45) is 5.92 Å². The molecule has 0 bridgehead atoms. The zero-order valence-electron chi connectivity index (χ0n) is 13.1. The third-order valence-corrected chi connectivity index (χ3v) is 4.97. The summed E-state index contributed by atoms with van der Waals surface area (Å²) in [4.78, 5) is 18.7. The van der Waals surface area contributed by atoms with Gasteiger partial charge in [-0.05, 0) is 18.9 Å². The average molecular weight is 341 g/mol. The van der Waals surface area contributed by atoms with Gasteiger partial charge < -0.3 is 19.5 Å². The zero-order valence-corrected chi connectivity index (χ0v) is 13.8. The highest BCUT2D eigenvalue weighted by atomic mass is 35.5. The lowest BCUT2D eigenvalue weighted by Crippen LogP contribution is -2.53. The van der Waals surface area contributed by atoms with Crippen molar-refractivity contribution in [3.63, 3.8) is 0 Å². The summed E-state index contributed by atoms with van der Waals surface area (Å²) >= 11 is 6.08. The maximum absolute atomic E-state index is 12.9. The Bertz CT molecular complexity index is 583. The smallest absolute Gasteiger partial charge is 0.255 e. The minimum atomic E-state index is -0.366. The van der Waals surface area contributed by atoms with Crippen LogP contribution in [0, 0.1) is 5.92 Å². The van der Waals surface area contributed by atoms with Gasteiger partial charge in [0, 0.05) is 18.7 Å². The summed E-state index contributed by atoms with van der Waals surface area (Å²) in [5, 5.41) is 10.5. The minimum absolute atomic E-state index is 0.0703. The van der Waals surface area contributed by atoms with E-state index in [-0.39, 0.29) is 24.0 Å². The molecule has 0 radical (unpaired) electrons. The highest BCUT2D eigenvalue weighted by Gasteiger charge is 2.39. The van der Waals surface area contributed by atoms with Gasteiger partial charge in [-0.25, -0.2) is 4.98 Å². The van der Waals surface area contributed by atoms with Crippen LogP contribution in [0.4, 0.5) is 0 Å². The Hall–Kier alpha value is -1.37. The molecule has 0 unspecified atom stereocenters. The third-order valence-electron chi connectivity index (χ3n) is 4.70. The molecular weight excluding hydrogens is 320 g/mol. The Kier molecular flexibility index (Phi) is 5.04. The topological polar surface area (TPSA) is 71.9 Å². The fraction of sp³-hybridized carbons (Fsp3) is 0.625. The third kappa shape index (κ3) is 3.29. The number of nitrogens with zero attached hydrogens (tertiary/aromatic N) is 2. The summed E-state index contributed by atoms with van der Waals surface area (Å²) in [5.41, 5.74) is 0.426. The lowest BCUT2D eigenvalue weighted by Gasteiger charge is -2.40. The molecule has 1 amide bonds. The fourth-order valence-electron chi connectivity index (χ4n) is 3.51. The van der Waals surface area contributed by atoms with Gasteiger partial charge in [-0.15, -0.1) is 0 Å². The molecule has 23 heavy (non-hydrogen) atoms. The zero-order chi connectivity index (χ0) is 16.4. The van der Waals surface area contributed by atoms with Crippen molar-refractivity contribution in [3.05, 3.63) is 22.8 Å². The summed E-state index contributed by atoms with van der Waals surface area (Å²) in [6.07, 6.45) is 3.81. The van der Waals surface area contributed by atoms with Gasteiger partial charge in [0.05, 0.1) is 38.0 Å². The second-order valence-electron chi connectivity index (χ2n) is 6.02. The quantitative estimate of drug-likeness (QED) is 0.907. The first-order chi connectivity index (χ1) is 11.1. The molecule has 1 aromatic heterocycles. The van der Waals surface area contributed by atoms with Gasteiger partial charge in [0.1, 0.15) is 5.02 Å². The number of aliphatic hydroxyl groups is 1. The molecule has 2 aliphatic rings. The normalized spacial score (nSPS) is 28.0. The van der Waals surface area contributed by atoms with Crippen LogP contribution < -0.4 is 4.74 Å². The van der Waals surface area contributed by atoms with Crippen molar-refractivity contribution < 1.29 is 19.4 Å². The molecule has 0 spiro atoms. The van der Waals surface area contributed by atoms with E-state index >= 15 is 0 Å². The molecule has 1 N–H and O–H groups in total. The number of aliphatic hydroxyl groups excluding tert-OH is 1. The van der Waals surface area contributed by atoms with Gasteiger partial charge in [-0.2, -0.15) is 0 Å². The molecule has 1 aromatic rings. The Balaban J connectivity index is 1.82. The molecule has 2 fully saturated rings. The average Bonchev–Trinajstić information content (AvgIpc) is 3.00. The number of ether oxygens (including phenoxy) is 2. The maximum atomic E-state index is 12.9. The molecule has 1 aliphatic heterocycles. The summed E-state index contributed by atoms with van der Waals surface area (Å²) in [6.45, 7) is 1.48. The number of hydrogen-bond donors (Lipinski definition) is 1. The molecule has 126 valence electrons. The van der Waals surface area contributed by atoms with Gasteiger partial charge in [0.25, 0.3) is 5.91 Å². The number of halogens is 1. The van der Waals surface area contributed by atoms with Gasteiger partial charge >= 0.3 is 0 Å². The van der Waals surface area contributed by atoms with E-state index in [0.717, 1.165) is 19.3 Å². The number of pyridine rings is 1. The Morgan fingerprint density at radius 2 is 2.35 bits per heavy atom. The van der Waals surface area contributed by atoms with Crippen LogP contribution in [0.3, 0.4) is 0 Å². The van der Waals surface area contributed by atoms with Crippen LogP contribution in [0.2, 0.25) is 5.02 Å². The van der Waals surface area contributed by atoms with Crippen molar-refractivity contribution in [2.75, 3.05) is 26.9 Å². The number of morpholine rings is 1. The molecule has 6 nitrogen and oxygen atoms in total. The lowest BCUT2D eigenvalue weighted by molar-refractivity contribution is -0.0383. The van der Waals surface area contributed by atoms with E-state index in [1.165, 1.54) is 13.3 Å². The van der Waals surface area contributed by atoms with E-state index in [0.29, 0.717) is 36.2 Å². The SMILES string of the molecule is COc1ncc(C(=O)N2CCOC[C@@H]2[C@H]2CCC[C@H]2O)cc1Cl. The van der Waals surface area contributed by atoms with Crippen LogP contribution in [0.25, 0.3) is 0 Å². The highest BCUT2D eigenvalue weighted by molar-refractivity contribution is 6.32. The van der Waals surface area contributed by atoms with Crippen LogP contribution >= 0.6 is 11.6 Å². The van der Waals surface area contributed by atoms with Crippen molar-refractivity contribution >= 4 is 17.5 Å². The van der Waals surface area contributed by atoms with E-state index < -0.39 is 0 Å². The second kappa shape index (κ2) is 7.03. The first-order valence-corrected chi connectivity index (χ1v) is 8.26. The number of carbonyl (C=O) groups excluding carboxylic acids is 1. The molecule has 7 heteroatoms. The molecule has 2 heterocycles. The van der Waals surface area contributed by atoms with Crippen molar-refractivity contribution in [1.82, 2.24) is 9.88 Å². The molecule has 1 saturated carbocycles. The number of rotatable bonds is 3. The molecule has 3 atom stereocenters. The number of amides is 1. The highest BCUT2D eigenvalue weighted by Crippen LogP contribution is 2.33. The Morgan fingerprint density at radius 3 is 3.00 bits per heavy atom. The minimum Gasteiger partial charge on any atom is -0.480 e. The number of aromatic nitrogens is 1. The van der Waals surface area contributed by atoms with E-state index in [4.69, 9.17) is 21.1 Å². The Morgan fingerprint density at radius 1 is 1.52 bits per heavy atom. The van der Waals surface area contributed by atoms with Gasteiger partial charge in [0.15, 0.2) is 0 Å². The van der Waals surface area contributed by atoms with Gasteiger partial charge in [-0.3, -0.25) is 4.79 Å². The summed E-state index contributed by atoms with van der Waals surface area (Å²) < 4.78 is 10.6. The van der Waals surface area contributed by atoms with E-state index in [1.807, 2.05) is 0 Å². The van der Waals surface area contributed by atoms with Crippen molar-refractivity contribution in [1.29, 1.82) is 0 Å². The summed E-state index contributed by atoms with van der Waals surface area (Å²) in [5.74, 6) is 0.239. The molecule has 3 rings (SSSR count). The molecule has 1 aliphatic carbocycles. The van der Waals surface area contributed by atoms with E-state index in [9.17, 15) is 9.90 Å². The Labute approximate surface area is 140 Å². The predicted molar refractivity (Wildman–Crippen MR) is 84.8 cm³/mol. The molecular formula is C16H21ClN2O4. The van der Waals surface area contributed by atoms with Crippen LogP contribution in [0.5, 0.6) is 5.88 Å². The van der Waals surface area contributed by atoms with Crippen LogP contribution in [-0.4, -0.2) is 59.9 Å². The number of methoxy groups -OCH3 is 1. The molecule has 1 saturated heterocycles.